The smallest absolute Gasteiger partial charge is 0.238 e. The molecule has 2 N–H and O–H groups in total. The number of aliphatic hydroxyl groups excluding tert-OH is 1. The molecule has 2 aromatic rings. The van der Waals surface area contributed by atoms with E-state index in [-0.39, 0.29) is 12.5 Å². The highest BCUT2D eigenvalue weighted by Crippen LogP contribution is 2.25. The maximum Gasteiger partial charge on any atom is 0.238 e. The number of methoxy groups -OCH3 is 1. The largest absolute Gasteiger partial charge is 0.493 e. The van der Waals surface area contributed by atoms with E-state index in [1.165, 1.54) is 0 Å². The molecule has 3 rings (SSSR count). The van der Waals surface area contributed by atoms with Crippen LogP contribution in [0.3, 0.4) is 0 Å². The first-order valence-corrected chi connectivity index (χ1v) is 11.6. The van der Waals surface area contributed by atoms with E-state index in [1.807, 2.05) is 54.8 Å². The van der Waals surface area contributed by atoms with Gasteiger partial charge in [0.15, 0.2) is 11.5 Å². The average Bonchev–Trinajstić information content (AvgIpc) is 2.79. The maximum absolute atomic E-state index is 12.4. The number of carbonyl (C=O) groups is 1. The van der Waals surface area contributed by atoms with E-state index in [9.17, 15) is 9.90 Å². The first-order chi connectivity index (χ1) is 15.1. The minimum absolute atomic E-state index is 0.00283. The molecular weight excluding hydrogens is 414 g/mol. The first-order valence-electron chi connectivity index (χ1n) is 10.4. The normalized spacial score (nSPS) is 16.0. The minimum atomic E-state index is -0.594. The van der Waals surface area contributed by atoms with Gasteiger partial charge in [0.25, 0.3) is 0 Å². The van der Waals surface area contributed by atoms with Crippen LogP contribution in [0.5, 0.6) is 11.5 Å². The predicted octanol–water partition coefficient (Wildman–Crippen LogP) is 2.41. The Morgan fingerprint density at radius 1 is 1.10 bits per heavy atom. The van der Waals surface area contributed by atoms with Crippen LogP contribution >= 0.6 is 11.8 Å². The summed E-state index contributed by atoms with van der Waals surface area (Å²) in [5.74, 6) is 1.28. The number of benzene rings is 2. The van der Waals surface area contributed by atoms with Gasteiger partial charge in [-0.1, -0.05) is 18.2 Å². The van der Waals surface area contributed by atoms with Gasteiger partial charge in [0.1, 0.15) is 12.7 Å². The molecule has 0 spiro atoms. The van der Waals surface area contributed by atoms with Crippen LogP contribution < -0.4 is 14.8 Å². The number of piperazine rings is 1. The molecule has 1 aliphatic heterocycles. The zero-order valence-electron chi connectivity index (χ0n) is 18.1. The molecule has 0 bridgehead atoms. The Morgan fingerprint density at radius 2 is 1.81 bits per heavy atom. The molecule has 0 radical (unpaired) electrons. The number of rotatable bonds is 10. The fraction of sp³-hybridized carbons (Fsp3) is 0.435. The van der Waals surface area contributed by atoms with Gasteiger partial charge in [-0.15, -0.1) is 11.8 Å². The van der Waals surface area contributed by atoms with E-state index in [1.54, 1.807) is 18.9 Å². The second-order valence-corrected chi connectivity index (χ2v) is 8.35. The van der Waals surface area contributed by atoms with E-state index >= 15 is 0 Å². The molecule has 1 atom stereocenters. The number of amides is 1. The van der Waals surface area contributed by atoms with Gasteiger partial charge in [-0.3, -0.25) is 14.6 Å². The quantitative estimate of drug-likeness (QED) is 0.544. The third-order valence-electron chi connectivity index (χ3n) is 5.15. The molecule has 0 aliphatic carbocycles. The monoisotopic (exact) mass is 445 g/mol. The van der Waals surface area contributed by atoms with Crippen molar-refractivity contribution in [1.29, 1.82) is 0 Å². The SMILES string of the molecule is COc1ccccc1OCC(O)CN1CCN(CC(=O)Nc2cccc(SC)c2)CC1. The van der Waals surface area contributed by atoms with Crippen LogP contribution in [0.1, 0.15) is 0 Å². The molecule has 168 valence electrons. The number of nitrogens with one attached hydrogen (secondary N) is 1. The van der Waals surface area contributed by atoms with Crippen molar-refractivity contribution in [2.24, 2.45) is 0 Å². The summed E-state index contributed by atoms with van der Waals surface area (Å²) >= 11 is 1.65. The van der Waals surface area contributed by atoms with Crippen molar-refractivity contribution in [3.63, 3.8) is 0 Å². The molecule has 1 heterocycles. The number of ether oxygens (including phenoxy) is 2. The lowest BCUT2D eigenvalue weighted by Gasteiger charge is -2.35. The van der Waals surface area contributed by atoms with E-state index < -0.39 is 6.10 Å². The molecule has 7 nitrogen and oxygen atoms in total. The molecule has 2 aromatic carbocycles. The van der Waals surface area contributed by atoms with Gasteiger partial charge in [0.05, 0.1) is 13.7 Å². The summed E-state index contributed by atoms with van der Waals surface area (Å²) in [6.07, 6.45) is 1.42. The van der Waals surface area contributed by atoms with E-state index in [4.69, 9.17) is 9.47 Å². The molecule has 8 heteroatoms. The van der Waals surface area contributed by atoms with Crippen LogP contribution in [0, 0.1) is 0 Å². The number of hydrogen-bond acceptors (Lipinski definition) is 7. The highest BCUT2D eigenvalue weighted by molar-refractivity contribution is 7.98. The van der Waals surface area contributed by atoms with Crippen LogP contribution in [0.15, 0.2) is 53.4 Å². The maximum atomic E-state index is 12.4. The minimum Gasteiger partial charge on any atom is -0.493 e. The Balaban J connectivity index is 1.36. The molecule has 1 amide bonds. The number of thioether (sulfide) groups is 1. The Labute approximate surface area is 188 Å². The number of nitrogens with zero attached hydrogens (tertiary/aromatic N) is 2. The van der Waals surface area contributed by atoms with Crippen molar-refractivity contribution in [3.05, 3.63) is 48.5 Å². The number of hydrogen-bond donors (Lipinski definition) is 2. The van der Waals surface area contributed by atoms with Gasteiger partial charge in [0.2, 0.25) is 5.91 Å². The summed E-state index contributed by atoms with van der Waals surface area (Å²) in [6, 6.07) is 15.3. The topological polar surface area (TPSA) is 74.3 Å². The predicted molar refractivity (Wildman–Crippen MR) is 124 cm³/mol. The van der Waals surface area contributed by atoms with Crippen molar-refractivity contribution in [3.8, 4) is 11.5 Å². The molecule has 31 heavy (non-hydrogen) atoms. The van der Waals surface area contributed by atoms with Crippen LogP contribution in [-0.2, 0) is 4.79 Å². The lowest BCUT2D eigenvalue weighted by atomic mass is 10.2. The molecule has 1 fully saturated rings. The molecule has 1 aliphatic rings. The summed E-state index contributed by atoms with van der Waals surface area (Å²) in [5, 5.41) is 13.3. The van der Waals surface area contributed by atoms with Crippen LogP contribution in [-0.4, -0.2) is 86.2 Å². The molecule has 1 saturated heterocycles. The second kappa shape index (κ2) is 12.0. The highest BCUT2D eigenvalue weighted by atomic mass is 32.2. The van der Waals surface area contributed by atoms with Crippen molar-refractivity contribution >= 4 is 23.4 Å². The van der Waals surface area contributed by atoms with Gasteiger partial charge in [-0.25, -0.2) is 0 Å². The van der Waals surface area contributed by atoms with E-state index in [2.05, 4.69) is 15.1 Å². The lowest BCUT2D eigenvalue weighted by Crippen LogP contribution is -2.50. The summed E-state index contributed by atoms with van der Waals surface area (Å²) in [6.45, 7) is 4.31. The van der Waals surface area contributed by atoms with Crippen LogP contribution in [0.4, 0.5) is 5.69 Å². The standard InChI is InChI=1S/C23H31N3O4S/c1-29-21-8-3-4-9-22(21)30-17-19(27)15-25-10-12-26(13-11-25)16-23(28)24-18-6-5-7-20(14-18)31-2/h3-9,14,19,27H,10-13,15-17H2,1-2H3,(H,24,28). The fourth-order valence-corrected chi connectivity index (χ4v) is 3.97. The Hall–Kier alpha value is -2.26. The summed E-state index contributed by atoms with van der Waals surface area (Å²) in [4.78, 5) is 17.8. The summed E-state index contributed by atoms with van der Waals surface area (Å²) < 4.78 is 11.0. The van der Waals surface area contributed by atoms with Gasteiger partial charge < -0.3 is 19.9 Å². The molecule has 0 aromatic heterocycles. The number of carbonyl (C=O) groups excluding carboxylic acids is 1. The third kappa shape index (κ3) is 7.43. The Morgan fingerprint density at radius 3 is 2.52 bits per heavy atom. The molecular formula is C23H31N3O4S. The number of para-hydroxylation sites is 2. The van der Waals surface area contributed by atoms with Crippen LogP contribution in [0.2, 0.25) is 0 Å². The van der Waals surface area contributed by atoms with Gasteiger partial charge in [-0.2, -0.15) is 0 Å². The first kappa shape index (κ1) is 23.4. The second-order valence-electron chi connectivity index (χ2n) is 7.47. The fourth-order valence-electron chi connectivity index (χ4n) is 3.51. The van der Waals surface area contributed by atoms with Crippen molar-refractivity contribution < 1.29 is 19.4 Å². The number of β-amino-alcohol motifs (C(OH)–C–C–N with tert-alkyl or cyclic N) is 1. The van der Waals surface area contributed by atoms with Gasteiger partial charge in [0, 0.05) is 43.3 Å². The van der Waals surface area contributed by atoms with E-state index in [0.29, 0.717) is 24.6 Å². The van der Waals surface area contributed by atoms with Gasteiger partial charge in [-0.05, 0) is 36.6 Å². The number of anilines is 1. The third-order valence-corrected chi connectivity index (χ3v) is 5.88. The summed E-state index contributed by atoms with van der Waals surface area (Å²) in [5.41, 5.74) is 0.827. The summed E-state index contributed by atoms with van der Waals surface area (Å²) in [7, 11) is 1.60. The highest BCUT2D eigenvalue weighted by Gasteiger charge is 2.21. The van der Waals surface area contributed by atoms with Crippen molar-refractivity contribution in [2.45, 2.75) is 11.0 Å². The lowest BCUT2D eigenvalue weighted by molar-refractivity contribution is -0.117. The number of aliphatic hydroxyl groups is 1. The molecule has 0 saturated carbocycles. The van der Waals surface area contributed by atoms with Crippen LogP contribution in [0.25, 0.3) is 0 Å². The Bertz CT molecular complexity index is 843. The van der Waals surface area contributed by atoms with Crippen molar-refractivity contribution in [1.82, 2.24) is 9.80 Å². The van der Waals surface area contributed by atoms with Gasteiger partial charge >= 0.3 is 0 Å². The average molecular weight is 446 g/mol. The zero-order chi connectivity index (χ0) is 22.1. The van der Waals surface area contributed by atoms with Crippen molar-refractivity contribution in [2.75, 3.05) is 64.6 Å². The Kier molecular flexibility index (Phi) is 9.02. The zero-order valence-corrected chi connectivity index (χ0v) is 18.9. The van der Waals surface area contributed by atoms with E-state index in [0.717, 1.165) is 36.8 Å². The molecule has 1 unspecified atom stereocenters.